The van der Waals surface area contributed by atoms with Crippen LogP contribution in [0.15, 0.2) is 36.4 Å². The highest BCUT2D eigenvalue weighted by molar-refractivity contribution is 6.41. The van der Waals surface area contributed by atoms with Gasteiger partial charge in [-0.15, -0.1) is 0 Å². The van der Waals surface area contributed by atoms with Gasteiger partial charge in [-0.05, 0) is 29.0 Å². The minimum absolute atomic E-state index is 0.0206. The first-order valence-corrected chi connectivity index (χ1v) is 10.2. The van der Waals surface area contributed by atoms with Crippen LogP contribution >= 0.6 is 0 Å². The van der Waals surface area contributed by atoms with Gasteiger partial charge in [0.15, 0.2) is 0 Å². The van der Waals surface area contributed by atoms with E-state index < -0.39 is 28.9 Å². The van der Waals surface area contributed by atoms with E-state index in [0.717, 1.165) is 11.1 Å². The molecule has 1 heterocycles. The summed E-state index contributed by atoms with van der Waals surface area (Å²) in [4.78, 5) is 31.6. The van der Waals surface area contributed by atoms with E-state index in [-0.39, 0.29) is 28.6 Å². The Hall–Kier alpha value is -3.88. The lowest BCUT2D eigenvalue weighted by atomic mass is 9.92. The molecule has 0 aromatic heterocycles. The summed E-state index contributed by atoms with van der Waals surface area (Å²) in [7, 11) is 0. The van der Waals surface area contributed by atoms with Crippen LogP contribution in [0.5, 0.6) is 5.88 Å². The van der Waals surface area contributed by atoms with Crippen LogP contribution < -0.4 is 15.6 Å². The van der Waals surface area contributed by atoms with E-state index in [4.69, 9.17) is 0 Å². The molecule has 0 saturated heterocycles. The average molecular weight is 437 g/mol. The number of Topliss-reactive ketones (excluding diaryl/α,β-unsaturated/α-hetero) is 1. The van der Waals surface area contributed by atoms with Crippen LogP contribution in [0.2, 0.25) is 0 Å². The number of amides is 1. The SMILES string of the molecule is CC(C)c1cccc(C(C)C)c1NC(=O)C(=O)Cc1nc2ccc(=[N+]([O-])[O-])cc-2[nH]c1O. The molecule has 1 amide bonds. The lowest BCUT2D eigenvalue weighted by Gasteiger charge is -2.20. The molecule has 1 aromatic rings. The molecule has 0 fully saturated rings. The fourth-order valence-corrected chi connectivity index (χ4v) is 3.47. The van der Waals surface area contributed by atoms with Gasteiger partial charge >= 0.3 is 0 Å². The summed E-state index contributed by atoms with van der Waals surface area (Å²) < 4.78 is 0. The number of para-hydroxylation sites is 1. The van der Waals surface area contributed by atoms with Crippen LogP contribution in [0.1, 0.15) is 56.4 Å². The van der Waals surface area contributed by atoms with Gasteiger partial charge in [-0.2, -0.15) is 4.90 Å². The van der Waals surface area contributed by atoms with Crippen molar-refractivity contribution in [2.24, 2.45) is 0 Å². The number of benzene rings is 2. The van der Waals surface area contributed by atoms with Gasteiger partial charge in [-0.1, -0.05) is 45.9 Å². The minimum atomic E-state index is -0.801. The van der Waals surface area contributed by atoms with Crippen molar-refractivity contribution in [3.63, 3.8) is 0 Å². The summed E-state index contributed by atoms with van der Waals surface area (Å²) in [5.74, 6) is -1.71. The maximum absolute atomic E-state index is 12.7. The van der Waals surface area contributed by atoms with Gasteiger partial charge in [-0.25, -0.2) is 4.98 Å². The summed E-state index contributed by atoms with van der Waals surface area (Å²) in [6, 6.07) is 9.68. The average Bonchev–Trinajstić information content (AvgIpc) is 2.73. The number of hydrogen-bond acceptors (Lipinski definition) is 6. The van der Waals surface area contributed by atoms with E-state index in [9.17, 15) is 25.1 Å². The zero-order chi connectivity index (χ0) is 23.6. The first-order valence-electron chi connectivity index (χ1n) is 10.2. The predicted molar refractivity (Wildman–Crippen MR) is 121 cm³/mol. The van der Waals surface area contributed by atoms with Crippen LogP contribution in [-0.2, 0) is 16.0 Å². The topological polar surface area (TPSA) is 144 Å². The Morgan fingerprint density at radius 1 is 1.09 bits per heavy atom. The number of aromatic amines is 1. The highest BCUT2D eigenvalue weighted by Gasteiger charge is 2.23. The number of nitrogens with zero attached hydrogens (tertiary/aromatic N) is 2. The van der Waals surface area contributed by atoms with Gasteiger partial charge in [0.05, 0.1) is 17.8 Å². The van der Waals surface area contributed by atoms with Crippen molar-refractivity contribution in [1.82, 2.24) is 14.9 Å². The van der Waals surface area contributed by atoms with E-state index in [1.807, 2.05) is 45.9 Å². The molecule has 9 nitrogen and oxygen atoms in total. The third-order valence-corrected chi connectivity index (χ3v) is 5.17. The first kappa shape index (κ1) is 22.8. The number of hydrogen-bond donors (Lipinski definition) is 3. The van der Waals surface area contributed by atoms with Crippen LogP contribution in [0.3, 0.4) is 0 Å². The number of aromatic hydroxyl groups is 1. The van der Waals surface area contributed by atoms with E-state index in [0.29, 0.717) is 11.4 Å². The Bertz CT molecular complexity index is 1180. The molecule has 0 atom stereocenters. The van der Waals surface area contributed by atoms with Gasteiger partial charge < -0.3 is 25.8 Å². The first-order chi connectivity index (χ1) is 15.1. The van der Waals surface area contributed by atoms with E-state index >= 15 is 0 Å². The van der Waals surface area contributed by atoms with Crippen molar-refractivity contribution in [3.8, 4) is 17.3 Å². The summed E-state index contributed by atoms with van der Waals surface area (Å²) in [5.41, 5.74) is 3.03. The molecule has 0 saturated carbocycles. The van der Waals surface area contributed by atoms with Crippen LogP contribution in [0.25, 0.3) is 11.4 Å². The zero-order valence-electron chi connectivity index (χ0n) is 18.3. The molecule has 0 radical (unpaired) electrons. The van der Waals surface area contributed by atoms with Crippen molar-refractivity contribution in [2.45, 2.75) is 46.0 Å². The maximum atomic E-state index is 12.7. The number of carbonyl (C=O) groups excluding carboxylic acids is 2. The summed E-state index contributed by atoms with van der Waals surface area (Å²) in [6.45, 7) is 8.03. The standard InChI is InChI=1S/C23H25N4O5/c1-12(2)15-6-5-7-16(13(3)4)21(15)26-23(30)20(28)11-19-22(29)25-18-10-14(27(31)32)8-9-17(18)24-19/h5-10,12-13H,11H2,1-4H3,(H3-,24,25,26,28,29,30,31,32)/q-1. The van der Waals surface area contributed by atoms with E-state index in [2.05, 4.69) is 15.3 Å². The molecular formula is C23H25N4O5-. The number of carbonyl (C=O) groups is 2. The second kappa shape index (κ2) is 9.09. The summed E-state index contributed by atoms with van der Waals surface area (Å²) in [5, 5.41) is 34.6. The second-order valence-corrected chi connectivity index (χ2v) is 8.17. The van der Waals surface area contributed by atoms with Crippen molar-refractivity contribution >= 4 is 17.4 Å². The number of anilines is 1. The Kier molecular flexibility index (Phi) is 6.47. The Labute approximate surface area is 185 Å². The third kappa shape index (κ3) is 4.72. The fraction of sp³-hybridized carbons (Fsp3) is 0.304. The number of aromatic nitrogens is 2. The molecule has 0 spiro atoms. The van der Waals surface area contributed by atoms with Crippen molar-refractivity contribution in [1.29, 1.82) is 0 Å². The Morgan fingerprint density at radius 3 is 2.28 bits per heavy atom. The second-order valence-electron chi connectivity index (χ2n) is 8.17. The summed E-state index contributed by atoms with van der Waals surface area (Å²) in [6.07, 6.45) is -0.429. The molecule has 0 bridgehead atoms. The minimum Gasteiger partial charge on any atom is -0.612 e. The van der Waals surface area contributed by atoms with Gasteiger partial charge in [-0.3, -0.25) is 9.59 Å². The molecule has 9 heteroatoms. The molecule has 3 N–H and O–H groups in total. The molecule has 1 aromatic carbocycles. The van der Waals surface area contributed by atoms with Crippen molar-refractivity contribution in [2.75, 3.05) is 5.32 Å². The molecule has 1 aliphatic carbocycles. The van der Waals surface area contributed by atoms with Crippen LogP contribution in [-0.4, -0.2) is 26.8 Å². The lowest BCUT2D eigenvalue weighted by Crippen LogP contribution is -2.26. The fourth-order valence-electron chi connectivity index (χ4n) is 3.47. The number of fused-ring (bicyclic) bond motifs is 1. The number of H-pyrrole nitrogens is 1. The monoisotopic (exact) mass is 437 g/mol. The molecule has 3 rings (SSSR count). The highest BCUT2D eigenvalue weighted by Crippen LogP contribution is 2.32. The van der Waals surface area contributed by atoms with Gasteiger partial charge in [0.25, 0.3) is 5.91 Å². The molecule has 2 aliphatic rings. The lowest BCUT2D eigenvalue weighted by molar-refractivity contribution is -0.134. The van der Waals surface area contributed by atoms with Gasteiger partial charge in [0, 0.05) is 17.8 Å². The quantitative estimate of drug-likeness (QED) is 0.399. The molecular weight excluding hydrogens is 412 g/mol. The highest BCUT2D eigenvalue weighted by atomic mass is 16.8. The Morgan fingerprint density at radius 2 is 1.72 bits per heavy atom. The van der Waals surface area contributed by atoms with E-state index in [1.165, 1.54) is 18.2 Å². The molecule has 32 heavy (non-hydrogen) atoms. The maximum Gasteiger partial charge on any atom is 0.292 e. The van der Waals surface area contributed by atoms with Crippen molar-refractivity contribution in [3.05, 3.63) is 69.0 Å². The van der Waals surface area contributed by atoms with Gasteiger partial charge in [0.1, 0.15) is 5.69 Å². The smallest absolute Gasteiger partial charge is 0.292 e. The normalized spacial score (nSPS) is 11.2. The molecule has 1 aliphatic heterocycles. The summed E-state index contributed by atoms with van der Waals surface area (Å²) >= 11 is 0. The zero-order valence-corrected chi connectivity index (χ0v) is 18.3. The Balaban J connectivity index is 1.87. The predicted octanol–water partition coefficient (Wildman–Crippen LogP) is 2.99. The van der Waals surface area contributed by atoms with E-state index in [1.54, 1.807) is 0 Å². The third-order valence-electron chi connectivity index (χ3n) is 5.17. The largest absolute Gasteiger partial charge is 0.612 e. The number of nitrogens with one attached hydrogen (secondary N) is 2. The number of ketones is 1. The van der Waals surface area contributed by atoms with Crippen molar-refractivity contribution < 1.29 is 14.7 Å². The van der Waals surface area contributed by atoms with Crippen LogP contribution in [0.4, 0.5) is 5.69 Å². The molecule has 168 valence electrons. The molecule has 0 unspecified atom stereocenters. The van der Waals surface area contributed by atoms with Crippen LogP contribution in [0, 0.1) is 10.4 Å². The number of rotatable bonds is 6. The van der Waals surface area contributed by atoms with Gasteiger partial charge in [0.2, 0.25) is 17.0 Å².